The van der Waals surface area contributed by atoms with Crippen molar-refractivity contribution >= 4 is 0 Å². The Bertz CT molecular complexity index is 949. The summed E-state index contributed by atoms with van der Waals surface area (Å²) in [6, 6.07) is 20.5. The molecule has 1 aromatic heterocycles. The summed E-state index contributed by atoms with van der Waals surface area (Å²) < 4.78 is 16.6. The minimum absolute atomic E-state index is 0.680. The van der Waals surface area contributed by atoms with Crippen LogP contribution in [0.1, 0.15) is 5.69 Å². The van der Waals surface area contributed by atoms with Gasteiger partial charge < -0.3 is 14.2 Å². The van der Waals surface area contributed by atoms with Crippen LogP contribution in [-0.2, 0) is 4.74 Å². The molecule has 0 spiro atoms. The molecule has 156 valence electrons. The van der Waals surface area contributed by atoms with E-state index >= 15 is 0 Å². The van der Waals surface area contributed by atoms with E-state index in [1.807, 2.05) is 37.3 Å². The van der Waals surface area contributed by atoms with Crippen LogP contribution in [0.2, 0.25) is 0 Å². The molecule has 30 heavy (non-hydrogen) atoms. The number of aryl methyl sites for hydroxylation is 1. The van der Waals surface area contributed by atoms with E-state index in [0.29, 0.717) is 6.61 Å². The first kappa shape index (κ1) is 20.4. The zero-order chi connectivity index (χ0) is 20.8. The first-order chi connectivity index (χ1) is 14.7. The molecule has 0 radical (unpaired) electrons. The highest BCUT2D eigenvalue weighted by molar-refractivity contribution is 5.81. The highest BCUT2D eigenvalue weighted by atomic mass is 16.5. The smallest absolute Gasteiger partial charge is 0.119 e. The predicted molar refractivity (Wildman–Crippen MR) is 119 cm³/mol. The first-order valence-corrected chi connectivity index (χ1v) is 10.4. The van der Waals surface area contributed by atoms with Gasteiger partial charge >= 0.3 is 0 Å². The van der Waals surface area contributed by atoms with E-state index in [-0.39, 0.29) is 0 Å². The third-order valence-corrected chi connectivity index (χ3v) is 5.34. The Morgan fingerprint density at radius 1 is 0.867 bits per heavy atom. The van der Waals surface area contributed by atoms with Gasteiger partial charge in [-0.2, -0.15) is 0 Å². The molecule has 0 unspecified atom stereocenters. The van der Waals surface area contributed by atoms with Gasteiger partial charge in [-0.15, -0.1) is 0 Å². The third-order valence-electron chi connectivity index (χ3n) is 5.34. The van der Waals surface area contributed by atoms with Crippen molar-refractivity contribution in [2.24, 2.45) is 0 Å². The van der Waals surface area contributed by atoms with Crippen LogP contribution in [0.15, 0.2) is 60.7 Å². The topological polar surface area (TPSA) is 43.8 Å². The summed E-state index contributed by atoms with van der Waals surface area (Å²) in [6.07, 6.45) is 0. The van der Waals surface area contributed by atoms with E-state index in [2.05, 4.69) is 35.2 Å². The van der Waals surface area contributed by atoms with Crippen molar-refractivity contribution in [3.8, 4) is 33.9 Å². The SMILES string of the molecule is COc1ccc(-c2ccc(C)nc2-c2ccc(OCCN3CCOCC3)cc2)cc1. The van der Waals surface area contributed by atoms with E-state index in [9.17, 15) is 0 Å². The van der Waals surface area contributed by atoms with Gasteiger partial charge in [0.1, 0.15) is 18.1 Å². The van der Waals surface area contributed by atoms with Crippen LogP contribution in [0.4, 0.5) is 0 Å². The number of methoxy groups -OCH3 is 1. The molecule has 0 N–H and O–H groups in total. The Morgan fingerprint density at radius 2 is 1.53 bits per heavy atom. The molecule has 5 nitrogen and oxygen atoms in total. The molecular weight excluding hydrogens is 376 g/mol. The Hall–Kier alpha value is -2.89. The van der Waals surface area contributed by atoms with E-state index < -0.39 is 0 Å². The quantitative estimate of drug-likeness (QED) is 0.582. The summed E-state index contributed by atoms with van der Waals surface area (Å²) in [6.45, 7) is 7.21. The fourth-order valence-electron chi connectivity index (χ4n) is 3.61. The van der Waals surface area contributed by atoms with Crippen LogP contribution in [0.25, 0.3) is 22.4 Å². The van der Waals surface area contributed by atoms with Gasteiger partial charge in [-0.3, -0.25) is 9.88 Å². The predicted octanol–water partition coefficient (Wildman–Crippen LogP) is 4.44. The number of hydrogen-bond donors (Lipinski definition) is 0. The second-order valence-electron chi connectivity index (χ2n) is 7.40. The van der Waals surface area contributed by atoms with E-state index in [1.54, 1.807) is 7.11 Å². The Morgan fingerprint density at radius 3 is 2.23 bits per heavy atom. The minimum atomic E-state index is 0.680. The summed E-state index contributed by atoms with van der Waals surface area (Å²) in [5.74, 6) is 1.73. The Kier molecular flexibility index (Phi) is 6.62. The number of morpholine rings is 1. The van der Waals surface area contributed by atoms with Crippen LogP contribution in [0.5, 0.6) is 11.5 Å². The van der Waals surface area contributed by atoms with Crippen LogP contribution in [0.3, 0.4) is 0 Å². The molecular formula is C25H28N2O3. The molecule has 0 aliphatic carbocycles. The van der Waals surface area contributed by atoms with Crippen molar-refractivity contribution in [2.45, 2.75) is 6.92 Å². The molecule has 4 rings (SSSR count). The molecule has 1 saturated heterocycles. The van der Waals surface area contributed by atoms with Crippen molar-refractivity contribution in [3.63, 3.8) is 0 Å². The average molecular weight is 405 g/mol. The molecule has 3 aromatic rings. The van der Waals surface area contributed by atoms with Gasteiger partial charge in [0.15, 0.2) is 0 Å². The number of rotatable bonds is 7. The van der Waals surface area contributed by atoms with Crippen LogP contribution >= 0.6 is 0 Å². The fraction of sp³-hybridized carbons (Fsp3) is 0.320. The zero-order valence-corrected chi connectivity index (χ0v) is 17.6. The molecule has 0 atom stereocenters. The van der Waals surface area contributed by atoms with E-state index in [0.717, 1.165) is 72.4 Å². The van der Waals surface area contributed by atoms with Gasteiger partial charge in [-0.25, -0.2) is 0 Å². The number of benzene rings is 2. The molecule has 1 aliphatic heterocycles. The molecule has 5 heteroatoms. The average Bonchev–Trinajstić information content (AvgIpc) is 2.80. The van der Waals surface area contributed by atoms with Gasteiger partial charge in [0.25, 0.3) is 0 Å². The number of ether oxygens (including phenoxy) is 3. The van der Waals surface area contributed by atoms with Gasteiger partial charge in [0.2, 0.25) is 0 Å². The van der Waals surface area contributed by atoms with Crippen molar-refractivity contribution in [1.29, 1.82) is 0 Å². The minimum Gasteiger partial charge on any atom is -0.497 e. The van der Waals surface area contributed by atoms with Gasteiger partial charge in [-0.05, 0) is 55.0 Å². The lowest BCUT2D eigenvalue weighted by Crippen LogP contribution is -2.38. The van der Waals surface area contributed by atoms with E-state index in [1.165, 1.54) is 0 Å². The summed E-state index contributed by atoms with van der Waals surface area (Å²) >= 11 is 0. The highest BCUT2D eigenvalue weighted by Crippen LogP contribution is 2.32. The summed E-state index contributed by atoms with van der Waals surface area (Å²) in [4.78, 5) is 7.20. The van der Waals surface area contributed by atoms with Crippen molar-refractivity contribution < 1.29 is 14.2 Å². The normalized spacial score (nSPS) is 14.5. The van der Waals surface area contributed by atoms with Crippen molar-refractivity contribution in [1.82, 2.24) is 9.88 Å². The largest absolute Gasteiger partial charge is 0.497 e. The molecule has 0 bridgehead atoms. The van der Waals surface area contributed by atoms with Gasteiger partial charge in [-0.1, -0.05) is 18.2 Å². The van der Waals surface area contributed by atoms with Crippen molar-refractivity contribution in [2.75, 3.05) is 46.6 Å². The summed E-state index contributed by atoms with van der Waals surface area (Å²) in [5.41, 5.74) is 5.26. The second kappa shape index (κ2) is 9.74. The Balaban J connectivity index is 1.48. The lowest BCUT2D eigenvalue weighted by molar-refractivity contribution is 0.0322. The summed E-state index contributed by atoms with van der Waals surface area (Å²) in [5, 5.41) is 0. The van der Waals surface area contributed by atoms with Gasteiger partial charge in [0, 0.05) is 36.5 Å². The lowest BCUT2D eigenvalue weighted by atomic mass is 9.98. The third kappa shape index (κ3) is 4.99. The monoisotopic (exact) mass is 404 g/mol. The van der Waals surface area contributed by atoms with E-state index in [4.69, 9.17) is 19.2 Å². The lowest BCUT2D eigenvalue weighted by Gasteiger charge is -2.26. The van der Waals surface area contributed by atoms with Gasteiger partial charge in [0.05, 0.1) is 26.0 Å². The second-order valence-corrected chi connectivity index (χ2v) is 7.40. The number of aromatic nitrogens is 1. The standard InChI is InChI=1S/C25H28N2O3/c1-19-3-12-24(20-4-8-22(28-2)9-5-20)25(26-19)21-6-10-23(11-7-21)30-18-15-27-13-16-29-17-14-27/h3-12H,13-18H2,1-2H3. The molecule has 0 saturated carbocycles. The molecule has 2 aromatic carbocycles. The maximum Gasteiger partial charge on any atom is 0.119 e. The number of hydrogen-bond acceptors (Lipinski definition) is 5. The highest BCUT2D eigenvalue weighted by Gasteiger charge is 2.12. The molecule has 1 fully saturated rings. The van der Waals surface area contributed by atoms with Crippen LogP contribution < -0.4 is 9.47 Å². The number of nitrogens with zero attached hydrogens (tertiary/aromatic N) is 2. The summed E-state index contributed by atoms with van der Waals surface area (Å²) in [7, 11) is 1.68. The first-order valence-electron chi connectivity index (χ1n) is 10.4. The molecule has 2 heterocycles. The Labute approximate surface area is 178 Å². The zero-order valence-electron chi connectivity index (χ0n) is 17.6. The molecule has 0 amide bonds. The maximum atomic E-state index is 5.95. The van der Waals surface area contributed by atoms with Crippen LogP contribution in [-0.4, -0.2) is 56.4 Å². The van der Waals surface area contributed by atoms with Crippen molar-refractivity contribution in [3.05, 3.63) is 66.4 Å². The molecule has 1 aliphatic rings. The fourth-order valence-corrected chi connectivity index (χ4v) is 3.61. The maximum absolute atomic E-state index is 5.95. The number of pyridine rings is 1. The van der Waals surface area contributed by atoms with Crippen LogP contribution in [0, 0.1) is 6.92 Å².